The number of thioether (sulfide) groups is 1. The van der Waals surface area contributed by atoms with Crippen LogP contribution in [-0.2, 0) is 11.2 Å². The lowest BCUT2D eigenvalue weighted by atomic mass is 10.0. The lowest BCUT2D eigenvalue weighted by Gasteiger charge is -2.16. The first-order valence-electron chi connectivity index (χ1n) is 7.90. The van der Waals surface area contributed by atoms with Crippen LogP contribution in [0, 0.1) is 5.92 Å². The van der Waals surface area contributed by atoms with Gasteiger partial charge in [0.2, 0.25) is 5.91 Å². The van der Waals surface area contributed by atoms with Crippen LogP contribution in [0.25, 0.3) is 17.0 Å². The average molecular weight is 411 g/mol. The molecular weight excluding hydrogens is 391 g/mol. The minimum Gasteiger partial charge on any atom is -0.398 e. The molecule has 2 aromatic rings. The molecule has 1 heterocycles. The summed E-state index contributed by atoms with van der Waals surface area (Å²) in [5, 5.41) is 1.52. The smallest absolute Gasteiger partial charge is 0.243 e. The van der Waals surface area contributed by atoms with E-state index in [0.29, 0.717) is 44.5 Å². The van der Waals surface area contributed by atoms with Crippen LogP contribution in [0.1, 0.15) is 25.2 Å². The van der Waals surface area contributed by atoms with E-state index < -0.39 is 5.91 Å². The van der Waals surface area contributed by atoms with Gasteiger partial charge in [-0.1, -0.05) is 43.1 Å². The van der Waals surface area contributed by atoms with Gasteiger partial charge < -0.3 is 11.5 Å². The van der Waals surface area contributed by atoms with Crippen LogP contribution in [0.2, 0.25) is 10.0 Å². The van der Waals surface area contributed by atoms with Gasteiger partial charge in [-0.05, 0) is 24.3 Å². The quantitative estimate of drug-likeness (QED) is 0.423. The van der Waals surface area contributed by atoms with Gasteiger partial charge in [0.1, 0.15) is 10.9 Å². The molecule has 1 amide bonds. The van der Waals surface area contributed by atoms with E-state index in [1.54, 1.807) is 18.2 Å². The van der Waals surface area contributed by atoms with Crippen LogP contribution in [0.4, 0.5) is 0 Å². The van der Waals surface area contributed by atoms with Gasteiger partial charge in [0.15, 0.2) is 0 Å². The average Bonchev–Trinajstić information content (AvgIpc) is 2.55. The fraction of sp³-hybridized carbons (Fsp3) is 0.278. The molecule has 0 aliphatic rings. The molecule has 0 aliphatic heterocycles. The summed E-state index contributed by atoms with van der Waals surface area (Å²) in [5.74, 6) is 0.442. The van der Waals surface area contributed by atoms with Crippen LogP contribution >= 0.6 is 35.0 Å². The van der Waals surface area contributed by atoms with Crippen molar-refractivity contribution >= 4 is 46.6 Å². The Balaban J connectivity index is 2.78. The lowest BCUT2D eigenvalue weighted by molar-refractivity contribution is -0.113. The second-order valence-electron chi connectivity index (χ2n) is 6.10. The predicted molar refractivity (Wildman–Crippen MR) is 109 cm³/mol. The number of benzene rings is 1. The first-order valence-corrected chi connectivity index (χ1v) is 9.88. The van der Waals surface area contributed by atoms with Crippen LogP contribution < -0.4 is 11.5 Å². The highest BCUT2D eigenvalue weighted by Gasteiger charge is 2.19. The zero-order chi connectivity index (χ0) is 19.4. The summed E-state index contributed by atoms with van der Waals surface area (Å²) in [6.07, 6.45) is 3.77. The molecule has 0 aliphatic carbocycles. The molecular formula is C18H20Cl2N4OS. The molecule has 0 atom stereocenters. The molecule has 0 saturated carbocycles. The van der Waals surface area contributed by atoms with Crippen molar-refractivity contribution in [3.8, 4) is 11.3 Å². The molecule has 4 N–H and O–H groups in total. The van der Waals surface area contributed by atoms with Crippen LogP contribution in [0.15, 0.2) is 29.3 Å². The third-order valence-electron chi connectivity index (χ3n) is 3.49. The van der Waals surface area contributed by atoms with E-state index in [-0.39, 0.29) is 5.70 Å². The Morgan fingerprint density at radius 2 is 1.92 bits per heavy atom. The zero-order valence-electron chi connectivity index (χ0n) is 14.7. The number of aromatic nitrogens is 2. The van der Waals surface area contributed by atoms with E-state index in [1.165, 1.54) is 17.8 Å². The van der Waals surface area contributed by atoms with Crippen molar-refractivity contribution in [3.63, 3.8) is 0 Å². The topological polar surface area (TPSA) is 94.9 Å². The summed E-state index contributed by atoms with van der Waals surface area (Å²) >= 11 is 13.6. The minimum atomic E-state index is -0.638. The molecule has 0 spiro atoms. The Labute approximate surface area is 167 Å². The van der Waals surface area contributed by atoms with Crippen LogP contribution in [-0.4, -0.2) is 22.1 Å². The summed E-state index contributed by atoms with van der Waals surface area (Å²) in [5.41, 5.74) is 13.5. The molecule has 26 heavy (non-hydrogen) atoms. The van der Waals surface area contributed by atoms with E-state index in [9.17, 15) is 4.79 Å². The Kier molecular flexibility index (Phi) is 6.92. The van der Waals surface area contributed by atoms with E-state index in [0.717, 1.165) is 5.56 Å². The number of nitrogens with zero attached hydrogens (tertiary/aromatic N) is 2. The Hall–Kier alpha value is -1.76. The predicted octanol–water partition coefficient (Wildman–Crippen LogP) is 4.16. The maximum Gasteiger partial charge on any atom is 0.243 e. The van der Waals surface area contributed by atoms with Gasteiger partial charge in [0.25, 0.3) is 0 Å². The molecule has 1 aromatic heterocycles. The summed E-state index contributed by atoms with van der Waals surface area (Å²) < 4.78 is 0. The monoisotopic (exact) mass is 410 g/mol. The first-order chi connectivity index (χ1) is 12.2. The number of nitrogens with two attached hydrogens (primary N) is 2. The highest BCUT2D eigenvalue weighted by Crippen LogP contribution is 2.35. The van der Waals surface area contributed by atoms with Crippen LogP contribution in [0.5, 0.6) is 0 Å². The van der Waals surface area contributed by atoms with E-state index >= 15 is 0 Å². The summed E-state index contributed by atoms with van der Waals surface area (Å²) in [6, 6.07) is 5.22. The van der Waals surface area contributed by atoms with Gasteiger partial charge >= 0.3 is 0 Å². The zero-order valence-corrected chi connectivity index (χ0v) is 17.0. The van der Waals surface area contributed by atoms with Gasteiger partial charge in [0.05, 0.1) is 21.3 Å². The molecule has 138 valence electrons. The first kappa shape index (κ1) is 20.6. The molecule has 0 fully saturated rings. The van der Waals surface area contributed by atoms with Gasteiger partial charge in [0, 0.05) is 23.8 Å². The highest BCUT2D eigenvalue weighted by atomic mass is 35.5. The molecule has 1 aromatic carbocycles. The minimum absolute atomic E-state index is 0.207. The fourth-order valence-corrected chi connectivity index (χ4v) is 3.34. The standard InChI is InChI=1S/C18H20Cl2N4OS/c1-9(2)6-15-23-17(10-4-5-11(19)12(20)7-10)16(18(24-15)26-3)13(21)8-14(22)25/h4-5,7-9H,6,21H2,1-3H3,(H2,22,25)/b13-8-. The van der Waals surface area contributed by atoms with Crippen molar-refractivity contribution in [2.75, 3.05) is 6.26 Å². The SMILES string of the molecule is CSc1nc(CC(C)C)nc(-c2ccc(Cl)c(Cl)c2)c1/C(N)=C/C(N)=O. The fourth-order valence-electron chi connectivity index (χ4n) is 2.43. The number of hydrogen-bond donors (Lipinski definition) is 2. The number of rotatable bonds is 6. The summed E-state index contributed by atoms with van der Waals surface area (Å²) in [4.78, 5) is 20.6. The molecule has 5 nitrogen and oxygen atoms in total. The number of carbonyl (C=O) groups is 1. The molecule has 2 rings (SSSR count). The maximum absolute atomic E-state index is 11.3. The van der Waals surface area contributed by atoms with Crippen molar-refractivity contribution < 1.29 is 4.79 Å². The van der Waals surface area contributed by atoms with Crippen molar-refractivity contribution in [3.05, 3.63) is 45.7 Å². The van der Waals surface area contributed by atoms with E-state index in [1.807, 2.05) is 6.26 Å². The third-order valence-corrected chi connectivity index (χ3v) is 4.91. The lowest BCUT2D eigenvalue weighted by Crippen LogP contribution is -2.13. The van der Waals surface area contributed by atoms with Crippen molar-refractivity contribution in [1.29, 1.82) is 0 Å². The third kappa shape index (κ3) is 4.90. The van der Waals surface area contributed by atoms with Gasteiger partial charge in [-0.15, -0.1) is 11.8 Å². The molecule has 8 heteroatoms. The Morgan fingerprint density at radius 1 is 1.23 bits per heavy atom. The largest absolute Gasteiger partial charge is 0.398 e. The normalized spacial score (nSPS) is 11.8. The number of carbonyl (C=O) groups excluding carboxylic acids is 1. The molecule has 0 radical (unpaired) electrons. The number of hydrogen-bond acceptors (Lipinski definition) is 5. The van der Waals surface area contributed by atoms with E-state index in [2.05, 4.69) is 18.8 Å². The number of primary amides is 1. The van der Waals surface area contributed by atoms with Crippen LogP contribution in [0.3, 0.4) is 0 Å². The van der Waals surface area contributed by atoms with Gasteiger partial charge in [-0.2, -0.15) is 0 Å². The summed E-state index contributed by atoms with van der Waals surface area (Å²) in [6.45, 7) is 4.19. The Bertz CT molecular complexity index is 869. The molecule has 0 unspecified atom stereocenters. The highest BCUT2D eigenvalue weighted by molar-refractivity contribution is 7.98. The van der Waals surface area contributed by atoms with E-state index in [4.69, 9.17) is 39.7 Å². The summed E-state index contributed by atoms with van der Waals surface area (Å²) in [7, 11) is 0. The molecule has 0 saturated heterocycles. The van der Waals surface area contributed by atoms with Crippen molar-refractivity contribution in [1.82, 2.24) is 9.97 Å². The van der Waals surface area contributed by atoms with Crippen molar-refractivity contribution in [2.24, 2.45) is 17.4 Å². The molecule has 0 bridgehead atoms. The maximum atomic E-state index is 11.3. The second-order valence-corrected chi connectivity index (χ2v) is 7.71. The van der Waals surface area contributed by atoms with Gasteiger partial charge in [-0.3, -0.25) is 4.79 Å². The second kappa shape index (κ2) is 8.75. The number of halogens is 2. The number of amides is 1. The van der Waals surface area contributed by atoms with Gasteiger partial charge in [-0.25, -0.2) is 9.97 Å². The van der Waals surface area contributed by atoms with Crippen molar-refractivity contribution in [2.45, 2.75) is 25.3 Å². The Morgan fingerprint density at radius 3 is 2.46 bits per heavy atom.